The second-order valence-electron chi connectivity index (χ2n) is 4.90. The van der Waals surface area contributed by atoms with Crippen LogP contribution in [-0.4, -0.2) is 15.9 Å². The van der Waals surface area contributed by atoms with Crippen LogP contribution < -0.4 is 11.0 Å². The van der Waals surface area contributed by atoms with Crippen molar-refractivity contribution in [1.29, 1.82) is 0 Å². The summed E-state index contributed by atoms with van der Waals surface area (Å²) in [6.45, 7) is 0. The highest BCUT2D eigenvalue weighted by Crippen LogP contribution is 2.48. The number of halogens is 2. The molecule has 1 saturated carbocycles. The van der Waals surface area contributed by atoms with Crippen LogP contribution in [0.5, 0.6) is 0 Å². The molecule has 1 aliphatic carbocycles. The number of H-pyrrole nitrogens is 1. The highest BCUT2D eigenvalue weighted by molar-refractivity contribution is 6.30. The topological polar surface area (TPSA) is 74.8 Å². The minimum absolute atomic E-state index is 0.0962. The first-order valence-corrected chi connectivity index (χ1v) is 6.73. The van der Waals surface area contributed by atoms with E-state index < -0.39 is 11.5 Å². The van der Waals surface area contributed by atoms with Gasteiger partial charge in [0.1, 0.15) is 0 Å². The van der Waals surface area contributed by atoms with E-state index in [1.54, 1.807) is 12.1 Å². The summed E-state index contributed by atoms with van der Waals surface area (Å²) in [4.78, 5) is 28.5. The second kappa shape index (κ2) is 5.29. The Balaban J connectivity index is 1.69. The lowest BCUT2D eigenvalue weighted by atomic mass is 10.1. The van der Waals surface area contributed by atoms with Crippen LogP contribution in [0.2, 0.25) is 5.02 Å². The summed E-state index contributed by atoms with van der Waals surface area (Å²) in [6, 6.07) is 7.28. The van der Waals surface area contributed by atoms with Crippen LogP contribution in [-0.2, 0) is 4.79 Å². The van der Waals surface area contributed by atoms with E-state index in [2.05, 4.69) is 15.3 Å². The first kappa shape index (κ1) is 13.8. The van der Waals surface area contributed by atoms with Gasteiger partial charge in [0.05, 0.1) is 6.20 Å². The molecule has 0 aliphatic heterocycles. The predicted octanol–water partition coefficient (Wildman–Crippen LogP) is 2.30. The van der Waals surface area contributed by atoms with Crippen LogP contribution in [0.3, 0.4) is 0 Å². The SMILES string of the molecule is O=C(Nc1[nH]c(=O)ncc1F)[C@@H]1C[C@@H]1c1ccc(Cl)cc1. The molecule has 1 heterocycles. The van der Waals surface area contributed by atoms with Gasteiger partial charge in [-0.1, -0.05) is 23.7 Å². The summed E-state index contributed by atoms with van der Waals surface area (Å²) in [7, 11) is 0. The van der Waals surface area contributed by atoms with Crippen LogP contribution in [0.1, 0.15) is 17.9 Å². The Labute approximate surface area is 124 Å². The van der Waals surface area contributed by atoms with E-state index in [1.807, 2.05) is 12.1 Å². The average Bonchev–Trinajstić information content (AvgIpc) is 3.24. The molecule has 5 nitrogen and oxygen atoms in total. The molecule has 1 fully saturated rings. The van der Waals surface area contributed by atoms with E-state index in [0.717, 1.165) is 11.8 Å². The van der Waals surface area contributed by atoms with Gasteiger partial charge in [-0.25, -0.2) is 9.18 Å². The minimum Gasteiger partial charge on any atom is -0.309 e. The van der Waals surface area contributed by atoms with Gasteiger partial charge in [-0.05, 0) is 30.0 Å². The number of aromatic amines is 1. The van der Waals surface area contributed by atoms with Crippen LogP contribution in [0, 0.1) is 11.7 Å². The number of amides is 1. The Kier molecular flexibility index (Phi) is 3.47. The molecule has 0 spiro atoms. The number of carbonyl (C=O) groups is 1. The summed E-state index contributed by atoms with van der Waals surface area (Å²) in [6.07, 6.45) is 1.46. The lowest BCUT2D eigenvalue weighted by molar-refractivity contribution is -0.117. The van der Waals surface area contributed by atoms with Crippen molar-refractivity contribution in [3.05, 3.63) is 57.3 Å². The van der Waals surface area contributed by atoms with Crippen LogP contribution >= 0.6 is 11.6 Å². The van der Waals surface area contributed by atoms with Crippen molar-refractivity contribution in [2.45, 2.75) is 12.3 Å². The zero-order valence-corrected chi connectivity index (χ0v) is 11.5. The van der Waals surface area contributed by atoms with Gasteiger partial charge < -0.3 is 5.32 Å². The zero-order chi connectivity index (χ0) is 15.0. The largest absolute Gasteiger partial charge is 0.346 e. The number of rotatable bonds is 3. The lowest BCUT2D eigenvalue weighted by Crippen LogP contribution is -2.21. The molecular formula is C14H11ClFN3O2. The molecule has 21 heavy (non-hydrogen) atoms. The van der Waals surface area contributed by atoms with Crippen molar-refractivity contribution in [1.82, 2.24) is 9.97 Å². The van der Waals surface area contributed by atoms with Crippen molar-refractivity contribution in [2.75, 3.05) is 5.32 Å². The number of benzene rings is 1. The molecular weight excluding hydrogens is 297 g/mol. The predicted molar refractivity (Wildman–Crippen MR) is 75.7 cm³/mol. The van der Waals surface area contributed by atoms with Gasteiger partial charge >= 0.3 is 5.69 Å². The van der Waals surface area contributed by atoms with Gasteiger partial charge in [0.2, 0.25) is 5.91 Å². The molecule has 7 heteroatoms. The van der Waals surface area contributed by atoms with E-state index in [1.165, 1.54) is 0 Å². The molecule has 1 aromatic carbocycles. The van der Waals surface area contributed by atoms with Gasteiger partial charge in [0.25, 0.3) is 0 Å². The second-order valence-corrected chi connectivity index (χ2v) is 5.34. The smallest absolute Gasteiger partial charge is 0.309 e. The van der Waals surface area contributed by atoms with Gasteiger partial charge in [-0.15, -0.1) is 0 Å². The summed E-state index contributed by atoms with van der Waals surface area (Å²) in [5, 5.41) is 3.02. The summed E-state index contributed by atoms with van der Waals surface area (Å²) < 4.78 is 13.4. The van der Waals surface area contributed by atoms with E-state index in [9.17, 15) is 14.0 Å². The monoisotopic (exact) mass is 307 g/mol. The highest BCUT2D eigenvalue weighted by atomic mass is 35.5. The van der Waals surface area contributed by atoms with E-state index in [4.69, 9.17) is 11.6 Å². The number of carbonyl (C=O) groups excluding carboxylic acids is 1. The number of anilines is 1. The van der Waals surface area contributed by atoms with Crippen LogP contribution in [0.25, 0.3) is 0 Å². The minimum atomic E-state index is -0.772. The van der Waals surface area contributed by atoms with Crippen molar-refractivity contribution in [3.8, 4) is 0 Å². The lowest BCUT2D eigenvalue weighted by Gasteiger charge is -2.05. The normalized spacial score (nSPS) is 20.1. The number of hydrogen-bond donors (Lipinski definition) is 2. The van der Waals surface area contributed by atoms with Crippen LogP contribution in [0.15, 0.2) is 35.3 Å². The molecule has 2 atom stereocenters. The van der Waals surface area contributed by atoms with Crippen molar-refractivity contribution >= 4 is 23.3 Å². The molecule has 0 bridgehead atoms. The maximum atomic E-state index is 13.4. The standard InChI is InChI=1S/C14H11ClFN3O2/c15-8-3-1-7(2-4-8)9-5-10(9)13(20)18-12-11(16)6-17-14(21)19-12/h1-4,6,9-10H,5H2,(H2,17,18,19,20,21)/t9-,10-/m1/s1. The van der Waals surface area contributed by atoms with Crippen molar-refractivity contribution in [3.63, 3.8) is 0 Å². The first-order chi connectivity index (χ1) is 10.0. The Hall–Kier alpha value is -2.21. The maximum absolute atomic E-state index is 13.4. The Morgan fingerprint density at radius 2 is 2.10 bits per heavy atom. The molecule has 0 saturated heterocycles. The van der Waals surface area contributed by atoms with E-state index in [-0.39, 0.29) is 23.6 Å². The molecule has 2 aromatic rings. The number of nitrogens with one attached hydrogen (secondary N) is 2. The molecule has 0 unspecified atom stereocenters. The Morgan fingerprint density at radius 3 is 2.81 bits per heavy atom. The molecule has 3 rings (SSSR count). The highest BCUT2D eigenvalue weighted by Gasteiger charge is 2.44. The maximum Gasteiger partial charge on any atom is 0.346 e. The number of hydrogen-bond acceptors (Lipinski definition) is 3. The quantitative estimate of drug-likeness (QED) is 0.913. The third-order valence-corrected chi connectivity index (χ3v) is 3.69. The number of nitrogens with zero attached hydrogens (tertiary/aromatic N) is 1. The van der Waals surface area contributed by atoms with E-state index >= 15 is 0 Å². The zero-order valence-electron chi connectivity index (χ0n) is 10.8. The summed E-state index contributed by atoms with van der Waals surface area (Å²) in [5.41, 5.74) is 0.306. The average molecular weight is 308 g/mol. The molecule has 108 valence electrons. The molecule has 0 radical (unpaired) electrons. The summed E-state index contributed by atoms with van der Waals surface area (Å²) in [5.74, 6) is -1.48. The van der Waals surface area contributed by atoms with Crippen molar-refractivity contribution in [2.24, 2.45) is 5.92 Å². The molecule has 1 aromatic heterocycles. The van der Waals surface area contributed by atoms with Gasteiger partial charge in [0.15, 0.2) is 11.6 Å². The van der Waals surface area contributed by atoms with Gasteiger partial charge in [0, 0.05) is 10.9 Å². The van der Waals surface area contributed by atoms with Gasteiger partial charge in [-0.3, -0.25) is 9.78 Å². The molecule has 2 N–H and O–H groups in total. The Morgan fingerprint density at radius 1 is 1.38 bits per heavy atom. The van der Waals surface area contributed by atoms with Gasteiger partial charge in [-0.2, -0.15) is 4.98 Å². The van der Waals surface area contributed by atoms with Crippen molar-refractivity contribution < 1.29 is 9.18 Å². The first-order valence-electron chi connectivity index (χ1n) is 6.36. The van der Waals surface area contributed by atoms with Crippen LogP contribution in [0.4, 0.5) is 10.2 Å². The Bertz CT molecular complexity index is 745. The summed E-state index contributed by atoms with van der Waals surface area (Å²) >= 11 is 5.81. The molecule has 1 amide bonds. The third-order valence-electron chi connectivity index (χ3n) is 3.44. The fourth-order valence-electron chi connectivity index (χ4n) is 2.25. The molecule has 1 aliphatic rings. The fourth-order valence-corrected chi connectivity index (χ4v) is 2.37. The third kappa shape index (κ3) is 2.95. The van der Waals surface area contributed by atoms with E-state index in [0.29, 0.717) is 11.4 Å². The fraction of sp³-hybridized carbons (Fsp3) is 0.214. The number of aromatic nitrogens is 2.